The molecule has 4 aromatic rings. The summed E-state index contributed by atoms with van der Waals surface area (Å²) in [5.74, 6) is 0. The molecule has 0 N–H and O–H groups in total. The van der Waals surface area contributed by atoms with E-state index in [4.69, 9.17) is 9.72 Å². The highest BCUT2D eigenvalue weighted by Crippen LogP contribution is 2.33. The van der Waals surface area contributed by atoms with E-state index in [0.717, 1.165) is 59.7 Å². The summed E-state index contributed by atoms with van der Waals surface area (Å²) in [6.07, 6.45) is 5.85. The van der Waals surface area contributed by atoms with E-state index in [1.54, 1.807) is 10.6 Å². The van der Waals surface area contributed by atoms with Gasteiger partial charge in [0.05, 0.1) is 54.5 Å². The molecule has 4 heterocycles. The first kappa shape index (κ1) is 20.3. The average molecular weight is 526 g/mol. The zero-order chi connectivity index (χ0) is 21.4. The number of halogens is 1. The van der Waals surface area contributed by atoms with Crippen LogP contribution in [0, 0.1) is 6.92 Å². The molecule has 5 rings (SSSR count). The zero-order valence-corrected chi connectivity index (χ0v) is 19.4. The first-order valence-electron chi connectivity index (χ1n) is 10.3. The summed E-state index contributed by atoms with van der Waals surface area (Å²) in [5.41, 5.74) is 6.23. The molecule has 0 spiro atoms. The quantitative estimate of drug-likeness (QED) is 0.373. The molecule has 158 valence electrons. The fourth-order valence-corrected chi connectivity index (χ4v) is 4.76. The van der Waals surface area contributed by atoms with Crippen LogP contribution >= 0.6 is 22.9 Å². The topological polar surface area (TPSA) is 52.3 Å². The molecule has 1 aliphatic heterocycles. The van der Waals surface area contributed by atoms with Gasteiger partial charge in [-0.15, -0.1) is 0 Å². The molecule has 1 fully saturated rings. The van der Waals surface area contributed by atoms with Crippen LogP contribution in [0.5, 0.6) is 0 Å². The summed E-state index contributed by atoms with van der Waals surface area (Å²) in [6.45, 7) is 5.83. The third kappa shape index (κ3) is 4.12. The second kappa shape index (κ2) is 8.47. The van der Waals surface area contributed by atoms with Gasteiger partial charge in [0.15, 0.2) is 0 Å². The van der Waals surface area contributed by atoms with Crippen molar-refractivity contribution in [1.29, 1.82) is 0 Å². The summed E-state index contributed by atoms with van der Waals surface area (Å²) in [5, 5.41) is 1.05. The highest BCUT2D eigenvalue weighted by molar-refractivity contribution is 14.1. The van der Waals surface area contributed by atoms with Crippen LogP contribution in [-0.2, 0) is 11.3 Å². The van der Waals surface area contributed by atoms with Crippen molar-refractivity contribution >= 4 is 39.6 Å². The van der Waals surface area contributed by atoms with Crippen molar-refractivity contribution in [3.63, 3.8) is 0 Å². The Morgan fingerprint density at radius 2 is 1.97 bits per heavy atom. The molecule has 1 aliphatic rings. The Kier molecular flexibility index (Phi) is 5.54. The van der Waals surface area contributed by atoms with Crippen LogP contribution in [0.2, 0.25) is 0 Å². The highest BCUT2D eigenvalue weighted by Gasteiger charge is 2.16. The molecule has 6 nitrogen and oxygen atoms in total. The van der Waals surface area contributed by atoms with Crippen molar-refractivity contribution in [1.82, 2.24) is 12.3 Å². The lowest BCUT2D eigenvalue weighted by molar-refractivity contribution is 0.122. The lowest BCUT2D eigenvalue weighted by Gasteiger charge is -2.28. The number of pyridine rings is 2. The predicted octanol–water partition coefficient (Wildman–Crippen LogP) is 4.26. The van der Waals surface area contributed by atoms with Gasteiger partial charge in [-0.1, -0.05) is 29.8 Å². The first-order chi connectivity index (χ1) is 15.1. The van der Waals surface area contributed by atoms with E-state index in [0.29, 0.717) is 6.54 Å². The van der Waals surface area contributed by atoms with Crippen LogP contribution < -0.4 is 10.5 Å². The second-order valence-corrected chi connectivity index (χ2v) is 8.93. The molecule has 1 saturated heterocycles. The summed E-state index contributed by atoms with van der Waals surface area (Å²) in [6, 6.07) is 14.2. The van der Waals surface area contributed by atoms with Gasteiger partial charge in [-0.05, 0) is 30.2 Å². The maximum Gasteiger partial charge on any atom is 0.251 e. The Morgan fingerprint density at radius 3 is 2.74 bits per heavy atom. The lowest BCUT2D eigenvalue weighted by Crippen LogP contribution is -2.36. The average Bonchev–Trinajstić information content (AvgIpc) is 3.12. The first-order valence-corrected chi connectivity index (χ1v) is 11.3. The molecular formula is C24H23IN4O2. The van der Waals surface area contributed by atoms with Gasteiger partial charge >= 0.3 is 0 Å². The number of aromatic nitrogens is 3. The summed E-state index contributed by atoms with van der Waals surface area (Å²) in [4.78, 5) is 19.9. The summed E-state index contributed by atoms with van der Waals surface area (Å²) in [7, 11) is 0. The van der Waals surface area contributed by atoms with Crippen LogP contribution in [-0.4, -0.2) is 38.6 Å². The van der Waals surface area contributed by atoms with Gasteiger partial charge in [0.1, 0.15) is 5.65 Å². The number of anilines is 1. The Hall–Kier alpha value is -2.65. The van der Waals surface area contributed by atoms with Gasteiger partial charge < -0.3 is 14.2 Å². The SMILES string of the molecule is Cc1cccc(Cn2ccc(-c3cn(I)c4ncc(N5CCOCC5)cc34)cc2=O)c1. The van der Waals surface area contributed by atoms with Crippen molar-refractivity contribution in [3.8, 4) is 11.1 Å². The fraction of sp³-hybridized carbons (Fsp3) is 0.250. The third-order valence-electron chi connectivity index (χ3n) is 5.71. The number of hydrogen-bond acceptors (Lipinski definition) is 4. The van der Waals surface area contributed by atoms with Crippen molar-refractivity contribution in [3.05, 3.63) is 82.5 Å². The normalized spacial score (nSPS) is 14.3. The number of nitrogens with zero attached hydrogens (tertiary/aromatic N) is 4. The molecule has 31 heavy (non-hydrogen) atoms. The third-order valence-corrected chi connectivity index (χ3v) is 6.44. The Morgan fingerprint density at radius 1 is 1.13 bits per heavy atom. The molecule has 0 amide bonds. The molecule has 0 aliphatic carbocycles. The van der Waals surface area contributed by atoms with Gasteiger partial charge in [0.2, 0.25) is 0 Å². The van der Waals surface area contributed by atoms with E-state index >= 15 is 0 Å². The van der Waals surface area contributed by atoms with Crippen LogP contribution in [0.4, 0.5) is 5.69 Å². The van der Waals surface area contributed by atoms with E-state index in [1.807, 2.05) is 33.5 Å². The number of ether oxygens (including phenoxy) is 1. The van der Waals surface area contributed by atoms with Gasteiger partial charge in [-0.25, -0.2) is 4.98 Å². The number of morpholine rings is 1. The predicted molar refractivity (Wildman–Crippen MR) is 132 cm³/mol. The smallest absolute Gasteiger partial charge is 0.251 e. The van der Waals surface area contributed by atoms with E-state index in [2.05, 4.69) is 59.0 Å². The minimum Gasteiger partial charge on any atom is -0.378 e. The molecule has 0 bridgehead atoms. The number of rotatable bonds is 4. The largest absolute Gasteiger partial charge is 0.378 e. The van der Waals surface area contributed by atoms with E-state index in [9.17, 15) is 4.79 Å². The Bertz CT molecular complexity index is 1300. The molecule has 0 saturated carbocycles. The molecule has 1 aromatic carbocycles. The minimum atomic E-state index is -0.00865. The maximum atomic E-state index is 12.9. The van der Waals surface area contributed by atoms with Crippen molar-refractivity contribution in [2.75, 3.05) is 31.2 Å². The number of hydrogen-bond donors (Lipinski definition) is 0. The van der Waals surface area contributed by atoms with Gasteiger partial charge in [0, 0.05) is 42.5 Å². The van der Waals surface area contributed by atoms with Gasteiger partial charge in [-0.3, -0.25) is 7.58 Å². The standard InChI is InChI=1S/C24H23IN4O2/c1-17-3-2-4-18(11-17)15-28-6-5-19(12-23(28)30)22-16-29(25)24-21(22)13-20(14-26-24)27-7-9-31-10-8-27/h2-6,11-14,16H,7-10,15H2,1H3. The minimum absolute atomic E-state index is 0.00865. The fourth-order valence-electron chi connectivity index (χ4n) is 4.10. The summed E-state index contributed by atoms with van der Waals surface area (Å²) < 4.78 is 9.21. The van der Waals surface area contributed by atoms with Crippen molar-refractivity contribution in [2.45, 2.75) is 13.5 Å². The molecule has 0 atom stereocenters. The molecule has 0 unspecified atom stereocenters. The number of aryl methyl sites for hydroxylation is 1. The molecule has 7 heteroatoms. The monoisotopic (exact) mass is 526 g/mol. The zero-order valence-electron chi connectivity index (χ0n) is 17.3. The molecule has 3 aromatic heterocycles. The Labute approximate surface area is 194 Å². The number of fused-ring (bicyclic) bond motifs is 1. The Balaban J connectivity index is 1.51. The molecule has 0 radical (unpaired) electrons. The van der Waals surface area contributed by atoms with Gasteiger partial charge in [-0.2, -0.15) is 0 Å². The van der Waals surface area contributed by atoms with Gasteiger partial charge in [0.25, 0.3) is 5.56 Å². The van der Waals surface area contributed by atoms with Crippen LogP contribution in [0.15, 0.2) is 65.8 Å². The van der Waals surface area contributed by atoms with Crippen LogP contribution in [0.25, 0.3) is 22.2 Å². The highest BCUT2D eigenvalue weighted by atomic mass is 127. The van der Waals surface area contributed by atoms with Crippen LogP contribution in [0.3, 0.4) is 0 Å². The second-order valence-electron chi connectivity index (χ2n) is 7.89. The molecular weight excluding hydrogens is 503 g/mol. The maximum absolute atomic E-state index is 12.9. The number of benzene rings is 1. The lowest BCUT2D eigenvalue weighted by atomic mass is 10.1. The summed E-state index contributed by atoms with van der Waals surface area (Å²) >= 11 is 2.24. The van der Waals surface area contributed by atoms with E-state index in [-0.39, 0.29) is 5.56 Å². The van der Waals surface area contributed by atoms with Crippen LogP contribution in [0.1, 0.15) is 11.1 Å². The van der Waals surface area contributed by atoms with Crippen molar-refractivity contribution < 1.29 is 4.74 Å². The van der Waals surface area contributed by atoms with E-state index < -0.39 is 0 Å². The van der Waals surface area contributed by atoms with Crippen molar-refractivity contribution in [2.24, 2.45) is 0 Å². The van der Waals surface area contributed by atoms with E-state index in [1.165, 1.54) is 5.56 Å².